The van der Waals surface area contributed by atoms with E-state index in [1.807, 2.05) is 0 Å². The van der Waals surface area contributed by atoms with Crippen molar-refractivity contribution in [3.8, 4) is 0 Å². The molecule has 0 saturated heterocycles. The Morgan fingerprint density at radius 3 is 0.833 bits per heavy atom. The fraction of sp³-hybridized carbons (Fsp3) is 0.0513. The van der Waals surface area contributed by atoms with E-state index in [-0.39, 0.29) is 0 Å². The Hall–Kier alpha value is -4.78. The quantitative estimate of drug-likeness (QED) is 0.159. The van der Waals surface area contributed by atoms with Crippen molar-refractivity contribution in [2.75, 3.05) is 0 Å². The molecule has 0 spiro atoms. The van der Waals surface area contributed by atoms with E-state index >= 15 is 0 Å². The fourth-order valence-corrected chi connectivity index (χ4v) is 11.6. The number of rotatable bonds is 7. The number of carbonyl (C=O) groups excluding carboxylic acids is 1. The van der Waals surface area contributed by atoms with Gasteiger partial charge in [0.25, 0.3) is 0 Å². The summed E-state index contributed by atoms with van der Waals surface area (Å²) in [7, 11) is -2.46. The molecular formula is C39H33O2P. The van der Waals surface area contributed by atoms with E-state index in [2.05, 4.69) is 182 Å². The van der Waals surface area contributed by atoms with Gasteiger partial charge in [0.15, 0.2) is 5.16 Å². The lowest BCUT2D eigenvalue weighted by Gasteiger charge is -2.46. The second kappa shape index (κ2) is 13.3. The zero-order chi connectivity index (χ0) is 29.3. The van der Waals surface area contributed by atoms with E-state index in [1.54, 1.807) is 0 Å². The summed E-state index contributed by atoms with van der Waals surface area (Å²) in [6.07, 6.45) is 0. The van der Waals surface area contributed by atoms with Crippen LogP contribution in [0.4, 0.5) is 0 Å². The number of carboxylic acid groups (broad SMARTS) is 1. The molecule has 3 heteroatoms. The third-order valence-electron chi connectivity index (χ3n) is 7.51. The van der Waals surface area contributed by atoms with Gasteiger partial charge in [-0.25, -0.2) is 0 Å². The summed E-state index contributed by atoms with van der Waals surface area (Å²) in [6, 6.07) is 67.1. The van der Waals surface area contributed by atoms with Crippen LogP contribution >= 0.6 is 7.26 Å². The minimum absolute atomic E-state index is 0.485. The maximum Gasteiger partial charge on any atom is 0.168 e. The SMILES string of the molecule is CC(=O)[O-].c1ccc(C(c2ccccc2)(c2ccccc2)[P+](c2ccccc2)(c2ccccc2)c2ccccc2)cc1. The Balaban J connectivity index is 0.000000830. The molecule has 0 aliphatic rings. The second-order valence-corrected chi connectivity index (χ2v) is 13.5. The highest BCUT2D eigenvalue weighted by Gasteiger charge is 2.65. The second-order valence-electron chi connectivity index (χ2n) is 9.98. The molecule has 0 heterocycles. The van der Waals surface area contributed by atoms with Crippen LogP contribution in [-0.2, 0) is 9.95 Å². The van der Waals surface area contributed by atoms with E-state index in [0.717, 1.165) is 6.92 Å². The van der Waals surface area contributed by atoms with Crippen LogP contribution in [0.25, 0.3) is 0 Å². The van der Waals surface area contributed by atoms with Gasteiger partial charge < -0.3 is 9.90 Å². The molecule has 0 unspecified atom stereocenters. The molecule has 0 radical (unpaired) electrons. The van der Waals surface area contributed by atoms with Crippen LogP contribution in [0.15, 0.2) is 182 Å². The average Bonchev–Trinajstić information content (AvgIpc) is 3.06. The molecule has 6 aromatic carbocycles. The van der Waals surface area contributed by atoms with Crippen molar-refractivity contribution in [2.24, 2.45) is 0 Å². The van der Waals surface area contributed by atoms with Gasteiger partial charge in [0, 0.05) is 22.7 Å². The lowest BCUT2D eigenvalue weighted by Crippen LogP contribution is -2.47. The number of hydrogen-bond acceptors (Lipinski definition) is 2. The Bertz CT molecular complexity index is 1350. The Morgan fingerprint density at radius 1 is 0.429 bits per heavy atom. The van der Waals surface area contributed by atoms with Crippen LogP contribution in [0.2, 0.25) is 0 Å². The summed E-state index contributed by atoms with van der Waals surface area (Å²) < 4.78 is 0. The first kappa shape index (κ1) is 28.7. The van der Waals surface area contributed by atoms with Gasteiger partial charge in [0.05, 0.1) is 0 Å². The summed E-state index contributed by atoms with van der Waals surface area (Å²) >= 11 is 0. The Morgan fingerprint density at radius 2 is 0.619 bits per heavy atom. The van der Waals surface area contributed by atoms with Crippen molar-refractivity contribution in [2.45, 2.75) is 12.1 Å². The zero-order valence-electron chi connectivity index (χ0n) is 23.6. The lowest BCUT2D eigenvalue weighted by atomic mass is 9.84. The molecule has 6 rings (SSSR count). The molecule has 0 saturated carbocycles. The van der Waals surface area contributed by atoms with E-state index in [9.17, 15) is 0 Å². The first-order valence-corrected chi connectivity index (χ1v) is 15.8. The molecule has 0 atom stereocenters. The maximum atomic E-state index is 8.89. The number of hydrogen-bond donors (Lipinski definition) is 0. The summed E-state index contributed by atoms with van der Waals surface area (Å²) in [4.78, 5) is 8.89. The molecule has 0 bridgehead atoms. The summed E-state index contributed by atoms with van der Waals surface area (Å²) in [5.41, 5.74) is 3.88. The zero-order valence-corrected chi connectivity index (χ0v) is 24.5. The molecule has 0 fully saturated rings. The molecule has 6 aromatic rings. The highest BCUT2D eigenvalue weighted by atomic mass is 31.2. The van der Waals surface area contributed by atoms with E-state index in [4.69, 9.17) is 9.90 Å². The minimum atomic E-state index is -2.46. The van der Waals surface area contributed by atoms with Crippen molar-refractivity contribution >= 4 is 29.1 Å². The van der Waals surface area contributed by atoms with Crippen LogP contribution in [-0.4, -0.2) is 5.97 Å². The van der Waals surface area contributed by atoms with Gasteiger partial charge in [-0.2, -0.15) is 0 Å². The third-order valence-corrected chi connectivity index (χ3v) is 12.5. The standard InChI is InChI=1S/C37H30P.C2H4O2/c1-7-19-31(20-8-1)37(32-21-9-2-10-22-32,33-23-11-3-12-24-33)38(34-25-13-4-14-26-34,35-27-15-5-16-28-35)36-29-17-6-18-30-36;1-2(3)4/h1-30H;1H3,(H,3,4)/q+1;/p-1. The first-order valence-electron chi connectivity index (χ1n) is 14.0. The van der Waals surface area contributed by atoms with E-state index in [0.29, 0.717) is 0 Å². The topological polar surface area (TPSA) is 40.1 Å². The molecule has 2 nitrogen and oxygen atoms in total. The Labute approximate surface area is 249 Å². The number of benzene rings is 6. The molecular weight excluding hydrogens is 531 g/mol. The molecule has 0 amide bonds. The normalized spacial score (nSPS) is 11.2. The molecule has 0 aliphatic carbocycles. The number of aliphatic carboxylic acids is 1. The van der Waals surface area contributed by atoms with Gasteiger partial charge >= 0.3 is 0 Å². The summed E-state index contributed by atoms with van der Waals surface area (Å²) in [6.45, 7) is 0.972. The van der Waals surface area contributed by atoms with Crippen molar-refractivity contribution in [3.63, 3.8) is 0 Å². The van der Waals surface area contributed by atoms with Crippen LogP contribution < -0.4 is 21.0 Å². The molecule has 0 N–H and O–H groups in total. The van der Waals surface area contributed by atoms with E-state index in [1.165, 1.54) is 32.6 Å². The predicted molar refractivity (Wildman–Crippen MR) is 175 cm³/mol. The average molecular weight is 565 g/mol. The van der Waals surface area contributed by atoms with Gasteiger partial charge in [0.1, 0.15) is 23.2 Å². The van der Waals surface area contributed by atoms with Gasteiger partial charge in [-0.05, 0) is 43.3 Å². The summed E-state index contributed by atoms with van der Waals surface area (Å²) in [5.74, 6) is -1.08. The third kappa shape index (κ3) is 5.30. The lowest BCUT2D eigenvalue weighted by molar-refractivity contribution is -0.302. The predicted octanol–water partition coefficient (Wildman–Crippen LogP) is 6.73. The molecule has 42 heavy (non-hydrogen) atoms. The number of carboxylic acids is 1. The van der Waals surface area contributed by atoms with Crippen molar-refractivity contribution in [1.82, 2.24) is 0 Å². The van der Waals surface area contributed by atoms with Crippen LogP contribution in [0.3, 0.4) is 0 Å². The van der Waals surface area contributed by atoms with Crippen molar-refractivity contribution < 1.29 is 9.90 Å². The smallest absolute Gasteiger partial charge is 0.168 e. The fourth-order valence-electron chi connectivity index (χ4n) is 6.10. The van der Waals surface area contributed by atoms with E-state index < -0.39 is 18.4 Å². The van der Waals surface area contributed by atoms with Gasteiger partial charge in [-0.3, -0.25) is 0 Å². The van der Waals surface area contributed by atoms with Crippen LogP contribution in [0.1, 0.15) is 23.6 Å². The highest BCUT2D eigenvalue weighted by molar-refractivity contribution is 7.97. The minimum Gasteiger partial charge on any atom is -0.550 e. The van der Waals surface area contributed by atoms with Crippen LogP contribution in [0, 0.1) is 0 Å². The monoisotopic (exact) mass is 564 g/mol. The van der Waals surface area contributed by atoms with Gasteiger partial charge in [-0.1, -0.05) is 146 Å². The van der Waals surface area contributed by atoms with Crippen LogP contribution in [0.5, 0.6) is 0 Å². The molecule has 0 aromatic heterocycles. The largest absolute Gasteiger partial charge is 0.550 e. The van der Waals surface area contributed by atoms with Crippen molar-refractivity contribution in [1.29, 1.82) is 0 Å². The highest BCUT2D eigenvalue weighted by Crippen LogP contribution is 2.74. The Kier molecular flexibility index (Phi) is 9.07. The van der Waals surface area contributed by atoms with Gasteiger partial charge in [-0.15, -0.1) is 0 Å². The first-order chi connectivity index (χ1) is 20.6. The van der Waals surface area contributed by atoms with Crippen molar-refractivity contribution in [3.05, 3.63) is 199 Å². The molecule has 0 aliphatic heterocycles. The maximum absolute atomic E-state index is 8.89. The summed E-state index contributed by atoms with van der Waals surface area (Å²) in [5, 5.41) is 12.5. The number of carbonyl (C=O) groups is 1. The van der Waals surface area contributed by atoms with Gasteiger partial charge in [0.2, 0.25) is 0 Å². The molecule has 206 valence electrons.